The first kappa shape index (κ1) is 12.5. The highest BCUT2D eigenvalue weighted by molar-refractivity contribution is 5.79. The zero-order valence-electron chi connectivity index (χ0n) is 9.79. The Hall–Kier alpha value is -0.570. The van der Waals surface area contributed by atoms with Gasteiger partial charge in [0.1, 0.15) is 0 Å². The van der Waals surface area contributed by atoms with E-state index in [0.29, 0.717) is 13.0 Å². The van der Waals surface area contributed by atoms with E-state index in [1.54, 1.807) is 6.92 Å². The van der Waals surface area contributed by atoms with Crippen molar-refractivity contribution in [3.05, 3.63) is 0 Å². The Kier molecular flexibility index (Phi) is 4.58. The Morgan fingerprint density at radius 2 is 1.93 bits per heavy atom. The maximum atomic E-state index is 11.7. The van der Waals surface area contributed by atoms with Crippen molar-refractivity contribution in [3.8, 4) is 0 Å². The van der Waals surface area contributed by atoms with Gasteiger partial charge in [0.05, 0.1) is 6.61 Å². The van der Waals surface area contributed by atoms with Gasteiger partial charge in [0.2, 0.25) is 0 Å². The lowest BCUT2D eigenvalue weighted by molar-refractivity contribution is -0.173. The van der Waals surface area contributed by atoms with E-state index < -0.39 is 11.6 Å². The van der Waals surface area contributed by atoms with Crippen LogP contribution in [0, 0.1) is 5.92 Å². The number of aliphatic hydroxyl groups is 1. The molecule has 15 heavy (non-hydrogen) atoms. The predicted molar refractivity (Wildman–Crippen MR) is 58.4 cm³/mol. The molecular weight excluding hydrogens is 192 g/mol. The Labute approximate surface area is 91.8 Å². The highest BCUT2D eigenvalue weighted by atomic mass is 16.5. The van der Waals surface area contributed by atoms with Gasteiger partial charge in [-0.05, 0) is 32.1 Å². The van der Waals surface area contributed by atoms with Crippen molar-refractivity contribution >= 4 is 5.97 Å². The van der Waals surface area contributed by atoms with Crippen LogP contribution in [-0.4, -0.2) is 23.3 Å². The lowest BCUT2D eigenvalue weighted by Gasteiger charge is -2.35. The van der Waals surface area contributed by atoms with Gasteiger partial charge >= 0.3 is 5.97 Å². The first-order valence-electron chi connectivity index (χ1n) is 6.04. The first-order chi connectivity index (χ1) is 7.15. The lowest BCUT2D eigenvalue weighted by atomic mass is 9.75. The molecule has 0 aromatic heterocycles. The van der Waals surface area contributed by atoms with Crippen LogP contribution in [0.15, 0.2) is 0 Å². The summed E-state index contributed by atoms with van der Waals surface area (Å²) in [5.74, 6) is -0.338. The molecule has 0 bridgehead atoms. The summed E-state index contributed by atoms with van der Waals surface area (Å²) in [6, 6.07) is 0. The van der Waals surface area contributed by atoms with Gasteiger partial charge in [-0.1, -0.05) is 26.2 Å². The summed E-state index contributed by atoms with van der Waals surface area (Å²) in [6.45, 7) is 3.97. The standard InChI is InChI=1S/C12H22O3/c1-3-12(14,11(13)15-4-2)10-8-6-5-7-9-10/h10,14H,3-9H2,1-2H3/t12-/m0/s1. The average Bonchev–Trinajstić information content (AvgIpc) is 2.29. The third-order valence-corrected chi connectivity index (χ3v) is 3.45. The van der Waals surface area contributed by atoms with Crippen LogP contribution in [0.5, 0.6) is 0 Å². The van der Waals surface area contributed by atoms with Gasteiger partial charge in [0.25, 0.3) is 0 Å². The molecule has 1 aliphatic rings. The molecular formula is C12H22O3. The van der Waals surface area contributed by atoms with Gasteiger partial charge in [0.15, 0.2) is 5.60 Å². The predicted octanol–water partition coefficient (Wildman–Crippen LogP) is 2.27. The topological polar surface area (TPSA) is 46.5 Å². The number of hydrogen-bond donors (Lipinski definition) is 1. The quantitative estimate of drug-likeness (QED) is 0.730. The third-order valence-electron chi connectivity index (χ3n) is 3.45. The molecule has 1 aliphatic carbocycles. The van der Waals surface area contributed by atoms with E-state index >= 15 is 0 Å². The van der Waals surface area contributed by atoms with Gasteiger partial charge in [-0.2, -0.15) is 0 Å². The molecule has 0 aromatic rings. The Morgan fingerprint density at radius 3 is 2.40 bits per heavy atom. The monoisotopic (exact) mass is 214 g/mol. The molecule has 1 saturated carbocycles. The molecule has 1 fully saturated rings. The zero-order chi connectivity index (χ0) is 11.3. The van der Waals surface area contributed by atoms with Gasteiger partial charge in [0, 0.05) is 0 Å². The van der Waals surface area contributed by atoms with Crippen LogP contribution in [-0.2, 0) is 9.53 Å². The van der Waals surface area contributed by atoms with Crippen LogP contribution in [0.3, 0.4) is 0 Å². The number of rotatable bonds is 4. The van der Waals surface area contributed by atoms with Crippen molar-refractivity contribution in [1.29, 1.82) is 0 Å². The fourth-order valence-corrected chi connectivity index (χ4v) is 2.44. The molecule has 0 spiro atoms. The number of carbonyl (C=O) groups excluding carboxylic acids is 1. The Bertz CT molecular complexity index is 209. The molecule has 0 heterocycles. The molecule has 0 unspecified atom stereocenters. The molecule has 88 valence electrons. The normalized spacial score (nSPS) is 22.1. The molecule has 1 atom stereocenters. The highest BCUT2D eigenvalue weighted by Gasteiger charge is 2.43. The summed E-state index contributed by atoms with van der Waals surface area (Å²) in [5.41, 5.74) is -1.24. The second kappa shape index (κ2) is 5.50. The molecule has 3 heteroatoms. The maximum absolute atomic E-state index is 11.7. The molecule has 3 nitrogen and oxygen atoms in total. The van der Waals surface area contributed by atoms with E-state index in [-0.39, 0.29) is 5.92 Å². The van der Waals surface area contributed by atoms with Crippen molar-refractivity contribution in [2.45, 2.75) is 58.0 Å². The average molecular weight is 214 g/mol. The van der Waals surface area contributed by atoms with Crippen molar-refractivity contribution < 1.29 is 14.6 Å². The van der Waals surface area contributed by atoms with Gasteiger partial charge < -0.3 is 9.84 Å². The zero-order valence-corrected chi connectivity index (χ0v) is 9.79. The van der Waals surface area contributed by atoms with E-state index in [9.17, 15) is 9.90 Å². The second-order valence-corrected chi connectivity index (χ2v) is 4.33. The summed E-state index contributed by atoms with van der Waals surface area (Å²) in [7, 11) is 0. The van der Waals surface area contributed by atoms with Crippen LogP contribution in [0.4, 0.5) is 0 Å². The van der Waals surface area contributed by atoms with Crippen LogP contribution in [0.1, 0.15) is 52.4 Å². The first-order valence-corrected chi connectivity index (χ1v) is 6.04. The Balaban J connectivity index is 2.68. The van der Waals surface area contributed by atoms with Gasteiger partial charge in [-0.3, -0.25) is 0 Å². The Morgan fingerprint density at radius 1 is 1.33 bits per heavy atom. The number of esters is 1. The molecule has 0 aromatic carbocycles. The van der Waals surface area contributed by atoms with Crippen LogP contribution in [0.2, 0.25) is 0 Å². The van der Waals surface area contributed by atoms with Crippen molar-refractivity contribution in [2.24, 2.45) is 5.92 Å². The number of ether oxygens (including phenoxy) is 1. The number of hydrogen-bond acceptors (Lipinski definition) is 3. The molecule has 0 radical (unpaired) electrons. The fourth-order valence-electron chi connectivity index (χ4n) is 2.44. The lowest BCUT2D eigenvalue weighted by Crippen LogP contribution is -2.47. The third kappa shape index (κ3) is 2.71. The van der Waals surface area contributed by atoms with Crippen molar-refractivity contribution in [2.75, 3.05) is 6.61 Å². The van der Waals surface area contributed by atoms with Crippen molar-refractivity contribution in [1.82, 2.24) is 0 Å². The second-order valence-electron chi connectivity index (χ2n) is 4.33. The van der Waals surface area contributed by atoms with Crippen LogP contribution < -0.4 is 0 Å². The van der Waals surface area contributed by atoms with Crippen LogP contribution in [0.25, 0.3) is 0 Å². The van der Waals surface area contributed by atoms with Gasteiger partial charge in [-0.25, -0.2) is 4.79 Å². The minimum Gasteiger partial charge on any atom is -0.464 e. The maximum Gasteiger partial charge on any atom is 0.338 e. The summed E-state index contributed by atoms with van der Waals surface area (Å²) in [5, 5.41) is 10.4. The largest absolute Gasteiger partial charge is 0.464 e. The number of carbonyl (C=O) groups is 1. The molecule has 0 saturated heterocycles. The highest BCUT2D eigenvalue weighted by Crippen LogP contribution is 2.35. The summed E-state index contributed by atoms with van der Waals surface area (Å²) in [4.78, 5) is 11.7. The smallest absolute Gasteiger partial charge is 0.338 e. The molecule has 1 N–H and O–H groups in total. The summed E-state index contributed by atoms with van der Waals surface area (Å²) < 4.78 is 4.96. The SMILES string of the molecule is CCOC(=O)[C@](O)(CC)C1CCCCC1. The van der Waals surface area contributed by atoms with E-state index in [1.165, 1.54) is 6.42 Å². The minimum atomic E-state index is -1.24. The minimum absolute atomic E-state index is 0.0929. The molecule has 0 aliphatic heterocycles. The van der Waals surface area contributed by atoms with Gasteiger partial charge in [-0.15, -0.1) is 0 Å². The molecule has 1 rings (SSSR count). The summed E-state index contributed by atoms with van der Waals surface area (Å²) in [6.07, 6.45) is 5.81. The van der Waals surface area contributed by atoms with Crippen molar-refractivity contribution in [3.63, 3.8) is 0 Å². The fraction of sp³-hybridized carbons (Fsp3) is 0.917. The van der Waals surface area contributed by atoms with E-state index in [4.69, 9.17) is 4.74 Å². The van der Waals surface area contributed by atoms with E-state index in [1.807, 2.05) is 6.92 Å². The van der Waals surface area contributed by atoms with Crippen LogP contribution >= 0.6 is 0 Å². The van der Waals surface area contributed by atoms with E-state index in [2.05, 4.69) is 0 Å². The molecule has 0 amide bonds. The van der Waals surface area contributed by atoms with E-state index in [0.717, 1.165) is 25.7 Å². The summed E-state index contributed by atoms with van der Waals surface area (Å²) >= 11 is 0.